The zero-order valence-corrected chi connectivity index (χ0v) is 8.98. The van der Waals surface area contributed by atoms with Gasteiger partial charge in [-0.3, -0.25) is 4.79 Å². The molecule has 0 bridgehead atoms. The summed E-state index contributed by atoms with van der Waals surface area (Å²) in [5.41, 5.74) is 4.81. The van der Waals surface area contributed by atoms with Crippen LogP contribution in [-0.2, 0) is 26.6 Å². The Morgan fingerprint density at radius 1 is 1.43 bits per heavy atom. The number of nitrogens with one attached hydrogen (secondary N) is 1. The van der Waals surface area contributed by atoms with Gasteiger partial charge in [-0.1, -0.05) is 6.92 Å². The Hall–Kier alpha value is -1.09. The van der Waals surface area contributed by atoms with Gasteiger partial charge in [0.05, 0.1) is 0 Å². The molecule has 1 aliphatic heterocycles. The number of pyridine rings is 1. The minimum Gasteiger partial charge on any atom is -0.314 e. The molecule has 0 aromatic carbocycles. The topological polar surface area (TPSA) is 34.0 Å². The van der Waals surface area contributed by atoms with Crippen LogP contribution in [0.3, 0.4) is 0 Å². The van der Waals surface area contributed by atoms with E-state index < -0.39 is 0 Å². The number of hydrogen-bond acceptors (Lipinski definition) is 2. The summed E-state index contributed by atoms with van der Waals surface area (Å²) in [5, 5.41) is 3.29. The summed E-state index contributed by atoms with van der Waals surface area (Å²) in [7, 11) is 1.87. The Morgan fingerprint density at radius 3 is 2.79 bits per heavy atom. The first-order valence-electron chi connectivity index (χ1n) is 5.07. The molecule has 0 radical (unpaired) electrons. The van der Waals surface area contributed by atoms with Gasteiger partial charge in [-0.25, -0.2) is 0 Å². The van der Waals surface area contributed by atoms with Gasteiger partial charge in [0.1, 0.15) is 0 Å². The van der Waals surface area contributed by atoms with Crippen LogP contribution in [0.4, 0.5) is 0 Å². The fourth-order valence-corrected chi connectivity index (χ4v) is 2.27. The van der Waals surface area contributed by atoms with Crippen molar-refractivity contribution in [2.45, 2.75) is 33.4 Å². The van der Waals surface area contributed by atoms with Crippen molar-refractivity contribution in [2.24, 2.45) is 7.05 Å². The minimum absolute atomic E-state index is 0.174. The van der Waals surface area contributed by atoms with E-state index in [1.54, 1.807) is 4.57 Å². The molecule has 76 valence electrons. The fourth-order valence-electron chi connectivity index (χ4n) is 2.27. The first-order valence-corrected chi connectivity index (χ1v) is 5.07. The number of rotatable bonds is 1. The molecule has 0 aliphatic carbocycles. The van der Waals surface area contributed by atoms with Crippen molar-refractivity contribution in [1.29, 1.82) is 0 Å². The largest absolute Gasteiger partial charge is 0.314 e. The van der Waals surface area contributed by atoms with Crippen molar-refractivity contribution in [3.05, 3.63) is 32.7 Å². The monoisotopic (exact) mass is 192 g/mol. The highest BCUT2D eigenvalue weighted by atomic mass is 16.1. The van der Waals surface area contributed by atoms with Crippen molar-refractivity contribution < 1.29 is 0 Å². The Balaban J connectivity index is 2.79. The summed E-state index contributed by atoms with van der Waals surface area (Å²) >= 11 is 0. The normalized spacial score (nSPS) is 14.5. The number of aromatic nitrogens is 1. The molecule has 1 aliphatic rings. The summed E-state index contributed by atoms with van der Waals surface area (Å²) in [4.78, 5) is 11.9. The molecule has 1 N–H and O–H groups in total. The lowest BCUT2D eigenvalue weighted by Gasteiger charge is -2.12. The van der Waals surface area contributed by atoms with Crippen LogP contribution >= 0.6 is 0 Å². The Labute approximate surface area is 83.8 Å². The van der Waals surface area contributed by atoms with Gasteiger partial charge in [-0.2, -0.15) is 0 Å². The molecule has 3 heteroatoms. The molecule has 14 heavy (non-hydrogen) atoms. The predicted molar refractivity (Wildman–Crippen MR) is 56.3 cm³/mol. The fraction of sp³-hybridized carbons (Fsp3) is 0.545. The highest BCUT2D eigenvalue weighted by Gasteiger charge is 2.19. The molecule has 0 amide bonds. The van der Waals surface area contributed by atoms with Crippen LogP contribution in [0.15, 0.2) is 4.79 Å². The van der Waals surface area contributed by atoms with Gasteiger partial charge in [0.25, 0.3) is 5.56 Å². The summed E-state index contributed by atoms with van der Waals surface area (Å²) < 4.78 is 1.79. The van der Waals surface area contributed by atoms with Gasteiger partial charge >= 0.3 is 0 Å². The quantitative estimate of drug-likeness (QED) is 0.716. The minimum atomic E-state index is 0.174. The highest BCUT2D eigenvalue weighted by molar-refractivity contribution is 5.38. The van der Waals surface area contributed by atoms with Crippen molar-refractivity contribution in [3.8, 4) is 0 Å². The number of hydrogen-bond donors (Lipinski definition) is 1. The number of fused-ring (bicyclic) bond motifs is 1. The summed E-state index contributed by atoms with van der Waals surface area (Å²) in [6, 6.07) is 0. The SMILES string of the molecule is CCc1c(C)c2c(n(C)c1=O)CNC2. The summed E-state index contributed by atoms with van der Waals surface area (Å²) in [6.07, 6.45) is 0.825. The van der Waals surface area contributed by atoms with Crippen LogP contribution in [0.2, 0.25) is 0 Å². The van der Waals surface area contributed by atoms with Crippen LogP contribution in [-0.4, -0.2) is 4.57 Å². The third-order valence-corrected chi connectivity index (χ3v) is 3.17. The van der Waals surface area contributed by atoms with Gasteiger partial charge in [-0.15, -0.1) is 0 Å². The lowest BCUT2D eigenvalue weighted by Crippen LogP contribution is -2.25. The van der Waals surface area contributed by atoms with E-state index >= 15 is 0 Å². The maximum Gasteiger partial charge on any atom is 0.253 e. The molecule has 0 unspecified atom stereocenters. The average molecular weight is 192 g/mol. The molecule has 0 saturated heterocycles. The molecule has 2 heterocycles. The number of nitrogens with zero attached hydrogens (tertiary/aromatic N) is 1. The van der Waals surface area contributed by atoms with Crippen LogP contribution in [0.5, 0.6) is 0 Å². The molecule has 1 aromatic heterocycles. The van der Waals surface area contributed by atoms with Crippen molar-refractivity contribution >= 4 is 0 Å². The standard InChI is InChI=1S/C11H16N2O/c1-4-8-7(2)9-5-12-6-10(9)13(3)11(8)14/h12H,4-6H2,1-3H3. The van der Waals surface area contributed by atoms with E-state index in [2.05, 4.69) is 12.2 Å². The first kappa shape index (κ1) is 9.46. The maximum atomic E-state index is 11.9. The smallest absolute Gasteiger partial charge is 0.253 e. The molecule has 3 nitrogen and oxygen atoms in total. The molecule has 2 rings (SSSR count). The Morgan fingerprint density at radius 2 is 2.14 bits per heavy atom. The molecule has 0 saturated carbocycles. The summed E-state index contributed by atoms with van der Waals surface area (Å²) in [6.45, 7) is 5.83. The maximum absolute atomic E-state index is 11.9. The second kappa shape index (κ2) is 3.24. The van der Waals surface area contributed by atoms with E-state index in [0.29, 0.717) is 0 Å². The van der Waals surface area contributed by atoms with Gasteiger partial charge in [-0.05, 0) is 24.5 Å². The van der Waals surface area contributed by atoms with E-state index in [-0.39, 0.29) is 5.56 Å². The zero-order chi connectivity index (χ0) is 10.3. The van der Waals surface area contributed by atoms with Crippen LogP contribution in [0.25, 0.3) is 0 Å². The third-order valence-electron chi connectivity index (χ3n) is 3.17. The lowest BCUT2D eigenvalue weighted by molar-refractivity contribution is 0.716. The van der Waals surface area contributed by atoms with Crippen LogP contribution in [0.1, 0.15) is 29.3 Å². The van der Waals surface area contributed by atoms with Gasteiger partial charge in [0, 0.05) is 31.4 Å². The van der Waals surface area contributed by atoms with Crippen LogP contribution < -0.4 is 10.9 Å². The molecule has 0 spiro atoms. The molecular weight excluding hydrogens is 176 g/mol. The van der Waals surface area contributed by atoms with Crippen molar-refractivity contribution in [1.82, 2.24) is 9.88 Å². The predicted octanol–water partition coefficient (Wildman–Crippen LogP) is 0.859. The van der Waals surface area contributed by atoms with E-state index in [9.17, 15) is 4.79 Å². The van der Waals surface area contributed by atoms with E-state index in [1.165, 1.54) is 11.1 Å². The van der Waals surface area contributed by atoms with Crippen molar-refractivity contribution in [3.63, 3.8) is 0 Å². The highest BCUT2D eigenvalue weighted by Crippen LogP contribution is 2.19. The van der Waals surface area contributed by atoms with E-state index in [1.807, 2.05) is 14.0 Å². The lowest BCUT2D eigenvalue weighted by atomic mass is 10.0. The molecule has 0 fully saturated rings. The van der Waals surface area contributed by atoms with Crippen molar-refractivity contribution in [2.75, 3.05) is 0 Å². The Kier molecular flexibility index (Phi) is 2.19. The first-order chi connectivity index (χ1) is 6.66. The average Bonchev–Trinajstić information content (AvgIpc) is 2.64. The van der Waals surface area contributed by atoms with Gasteiger partial charge in [0.2, 0.25) is 0 Å². The Bertz CT molecular complexity index is 432. The summed E-state index contributed by atoms with van der Waals surface area (Å²) in [5.74, 6) is 0. The third kappa shape index (κ3) is 1.12. The zero-order valence-electron chi connectivity index (χ0n) is 8.98. The van der Waals surface area contributed by atoms with E-state index in [4.69, 9.17) is 0 Å². The second-order valence-corrected chi connectivity index (χ2v) is 3.85. The second-order valence-electron chi connectivity index (χ2n) is 3.85. The van der Waals surface area contributed by atoms with Gasteiger partial charge in [0.15, 0.2) is 0 Å². The molecule has 1 aromatic rings. The molecular formula is C11H16N2O. The molecule has 0 atom stereocenters. The van der Waals surface area contributed by atoms with Gasteiger partial charge < -0.3 is 9.88 Å². The van der Waals surface area contributed by atoms with Crippen LogP contribution in [0, 0.1) is 6.92 Å². The van der Waals surface area contributed by atoms with E-state index in [0.717, 1.165) is 30.8 Å².